The lowest BCUT2D eigenvalue weighted by molar-refractivity contribution is -0.119. The van der Waals surface area contributed by atoms with Crippen LogP contribution in [0.15, 0.2) is 40.9 Å². The van der Waals surface area contributed by atoms with Gasteiger partial charge >= 0.3 is 0 Å². The SMILES string of the molecule is Cc1ccc(S(=O)(=O)N2CCCC2C(=O)Nc2ccncc2)s1. The zero-order chi connectivity index (χ0) is 16.4. The van der Waals surface area contributed by atoms with Crippen LogP contribution >= 0.6 is 11.3 Å². The summed E-state index contributed by atoms with van der Waals surface area (Å²) in [5.41, 5.74) is 0.612. The fourth-order valence-corrected chi connectivity index (χ4v) is 5.69. The van der Waals surface area contributed by atoms with Crippen LogP contribution in [-0.4, -0.2) is 36.2 Å². The van der Waals surface area contributed by atoms with Crippen molar-refractivity contribution in [3.05, 3.63) is 41.5 Å². The molecule has 1 aliphatic heterocycles. The van der Waals surface area contributed by atoms with Gasteiger partial charge in [0.25, 0.3) is 10.0 Å². The second-order valence-corrected chi connectivity index (χ2v) is 8.77. The molecule has 122 valence electrons. The van der Waals surface area contributed by atoms with Crippen LogP contribution in [-0.2, 0) is 14.8 Å². The molecule has 0 aromatic carbocycles. The molecule has 0 aliphatic carbocycles. The average molecular weight is 351 g/mol. The average Bonchev–Trinajstić information content (AvgIpc) is 3.17. The Morgan fingerprint density at radius 2 is 2.04 bits per heavy atom. The molecule has 1 N–H and O–H groups in total. The second-order valence-electron chi connectivity index (χ2n) is 5.36. The van der Waals surface area contributed by atoms with E-state index in [0.717, 1.165) is 4.88 Å². The number of nitrogens with zero attached hydrogens (tertiary/aromatic N) is 2. The number of rotatable bonds is 4. The van der Waals surface area contributed by atoms with Gasteiger partial charge < -0.3 is 5.32 Å². The van der Waals surface area contributed by atoms with Crippen molar-refractivity contribution in [2.45, 2.75) is 30.0 Å². The van der Waals surface area contributed by atoms with Crippen LogP contribution in [0, 0.1) is 6.92 Å². The third-order valence-electron chi connectivity index (χ3n) is 3.73. The van der Waals surface area contributed by atoms with E-state index < -0.39 is 16.1 Å². The van der Waals surface area contributed by atoms with Crippen molar-refractivity contribution < 1.29 is 13.2 Å². The minimum absolute atomic E-state index is 0.290. The molecule has 2 aromatic heterocycles. The van der Waals surface area contributed by atoms with Crippen molar-refractivity contribution in [3.8, 4) is 0 Å². The Labute approximate surface area is 139 Å². The molecule has 1 atom stereocenters. The van der Waals surface area contributed by atoms with Crippen LogP contribution in [0.2, 0.25) is 0 Å². The minimum Gasteiger partial charge on any atom is -0.325 e. The summed E-state index contributed by atoms with van der Waals surface area (Å²) in [6.45, 7) is 2.23. The summed E-state index contributed by atoms with van der Waals surface area (Å²) >= 11 is 1.23. The maximum atomic E-state index is 12.8. The third-order valence-corrected chi connectivity index (χ3v) is 7.11. The minimum atomic E-state index is -3.63. The fourth-order valence-electron chi connectivity index (χ4n) is 2.62. The zero-order valence-electron chi connectivity index (χ0n) is 12.6. The Bertz CT molecular complexity index is 802. The number of carbonyl (C=O) groups is 1. The van der Waals surface area contributed by atoms with Crippen LogP contribution in [0.5, 0.6) is 0 Å². The number of hydrogen-bond donors (Lipinski definition) is 1. The molecule has 1 fully saturated rings. The van der Waals surface area contributed by atoms with Gasteiger partial charge in [0, 0.05) is 29.5 Å². The summed E-state index contributed by atoms with van der Waals surface area (Å²) in [5.74, 6) is -0.300. The monoisotopic (exact) mass is 351 g/mol. The first-order chi connectivity index (χ1) is 11.0. The van der Waals surface area contributed by atoms with Crippen LogP contribution in [0.4, 0.5) is 5.69 Å². The molecule has 23 heavy (non-hydrogen) atoms. The van der Waals surface area contributed by atoms with Gasteiger partial charge in [-0.2, -0.15) is 4.31 Å². The molecule has 0 spiro atoms. The topological polar surface area (TPSA) is 79.4 Å². The van der Waals surface area contributed by atoms with Crippen LogP contribution in [0.1, 0.15) is 17.7 Å². The Morgan fingerprint density at radius 3 is 2.70 bits per heavy atom. The van der Waals surface area contributed by atoms with Gasteiger partial charge in [-0.1, -0.05) is 0 Å². The highest BCUT2D eigenvalue weighted by atomic mass is 32.2. The number of anilines is 1. The molecule has 0 radical (unpaired) electrons. The number of aryl methyl sites for hydroxylation is 1. The van der Waals surface area contributed by atoms with E-state index in [1.54, 1.807) is 36.7 Å². The lowest BCUT2D eigenvalue weighted by Crippen LogP contribution is -2.42. The predicted molar refractivity (Wildman–Crippen MR) is 88.8 cm³/mol. The van der Waals surface area contributed by atoms with Gasteiger partial charge in [0.2, 0.25) is 5.91 Å². The van der Waals surface area contributed by atoms with Gasteiger partial charge in [0.1, 0.15) is 10.3 Å². The van der Waals surface area contributed by atoms with E-state index in [9.17, 15) is 13.2 Å². The number of aromatic nitrogens is 1. The number of hydrogen-bond acceptors (Lipinski definition) is 5. The van der Waals surface area contributed by atoms with Crippen molar-refractivity contribution >= 4 is 33.0 Å². The molecule has 0 bridgehead atoms. The highest BCUT2D eigenvalue weighted by molar-refractivity contribution is 7.91. The van der Waals surface area contributed by atoms with E-state index in [0.29, 0.717) is 29.3 Å². The summed E-state index contributed by atoms with van der Waals surface area (Å²) in [4.78, 5) is 17.3. The molecule has 0 saturated carbocycles. The number of nitrogens with one attached hydrogen (secondary N) is 1. The third kappa shape index (κ3) is 3.29. The molecular formula is C15H17N3O3S2. The van der Waals surface area contributed by atoms with E-state index in [-0.39, 0.29) is 5.91 Å². The first-order valence-electron chi connectivity index (χ1n) is 7.27. The highest BCUT2D eigenvalue weighted by Gasteiger charge is 2.40. The number of amides is 1. The molecule has 8 heteroatoms. The smallest absolute Gasteiger partial charge is 0.253 e. The molecule has 1 amide bonds. The lowest BCUT2D eigenvalue weighted by Gasteiger charge is -2.22. The van der Waals surface area contributed by atoms with E-state index in [1.165, 1.54) is 15.6 Å². The number of thiophene rings is 1. The zero-order valence-corrected chi connectivity index (χ0v) is 14.2. The van der Waals surface area contributed by atoms with Gasteiger partial charge in [0.05, 0.1) is 0 Å². The molecule has 6 nitrogen and oxygen atoms in total. The Kier molecular flexibility index (Phi) is 4.47. The van der Waals surface area contributed by atoms with Crippen molar-refractivity contribution in [1.82, 2.24) is 9.29 Å². The normalized spacial score (nSPS) is 18.9. The molecule has 3 rings (SSSR count). The summed E-state index contributed by atoms with van der Waals surface area (Å²) < 4.78 is 27.1. The summed E-state index contributed by atoms with van der Waals surface area (Å²) in [5, 5.41) is 2.76. The first kappa shape index (κ1) is 16.1. The molecule has 2 aromatic rings. The maximum absolute atomic E-state index is 12.8. The summed E-state index contributed by atoms with van der Waals surface area (Å²) in [7, 11) is -3.63. The Balaban J connectivity index is 1.81. The largest absolute Gasteiger partial charge is 0.325 e. The van der Waals surface area contributed by atoms with Gasteiger partial charge in [-0.25, -0.2) is 8.42 Å². The first-order valence-corrected chi connectivity index (χ1v) is 9.53. The Morgan fingerprint density at radius 1 is 1.30 bits per heavy atom. The van der Waals surface area contributed by atoms with Gasteiger partial charge in [-0.3, -0.25) is 9.78 Å². The van der Waals surface area contributed by atoms with Crippen molar-refractivity contribution in [2.75, 3.05) is 11.9 Å². The standard InChI is InChI=1S/C15H17N3O3S2/c1-11-4-5-14(22-11)23(20,21)18-10-2-3-13(18)15(19)17-12-6-8-16-9-7-12/h4-9,13H,2-3,10H2,1H3,(H,16,17,19). The van der Waals surface area contributed by atoms with Gasteiger partial charge in [-0.15, -0.1) is 11.3 Å². The van der Waals surface area contributed by atoms with Crippen molar-refractivity contribution in [2.24, 2.45) is 0 Å². The predicted octanol–water partition coefficient (Wildman–Crippen LogP) is 2.24. The van der Waals surface area contributed by atoms with E-state index in [4.69, 9.17) is 0 Å². The number of carbonyl (C=O) groups excluding carboxylic acids is 1. The molecule has 3 heterocycles. The fraction of sp³-hybridized carbons (Fsp3) is 0.333. The number of sulfonamides is 1. The molecule has 1 saturated heterocycles. The summed E-state index contributed by atoms with van der Waals surface area (Å²) in [6.07, 6.45) is 4.36. The Hall–Kier alpha value is -1.77. The maximum Gasteiger partial charge on any atom is 0.253 e. The van der Waals surface area contributed by atoms with Gasteiger partial charge in [-0.05, 0) is 44.0 Å². The number of pyridine rings is 1. The van der Waals surface area contributed by atoms with Gasteiger partial charge in [0.15, 0.2) is 0 Å². The van der Waals surface area contributed by atoms with Crippen LogP contribution in [0.25, 0.3) is 0 Å². The van der Waals surface area contributed by atoms with E-state index in [1.807, 2.05) is 6.92 Å². The van der Waals surface area contributed by atoms with Crippen molar-refractivity contribution in [3.63, 3.8) is 0 Å². The molecule has 1 aliphatic rings. The molecular weight excluding hydrogens is 334 g/mol. The summed E-state index contributed by atoms with van der Waals surface area (Å²) in [6, 6.07) is 6.06. The highest BCUT2D eigenvalue weighted by Crippen LogP contribution is 2.30. The van der Waals surface area contributed by atoms with Crippen LogP contribution < -0.4 is 5.32 Å². The lowest BCUT2D eigenvalue weighted by atomic mass is 10.2. The van der Waals surface area contributed by atoms with Crippen molar-refractivity contribution in [1.29, 1.82) is 0 Å². The van der Waals surface area contributed by atoms with E-state index in [2.05, 4.69) is 10.3 Å². The van der Waals surface area contributed by atoms with E-state index >= 15 is 0 Å². The quantitative estimate of drug-likeness (QED) is 0.916. The molecule has 1 unspecified atom stereocenters. The second kappa shape index (κ2) is 6.38. The van der Waals surface area contributed by atoms with Crippen LogP contribution in [0.3, 0.4) is 0 Å².